The van der Waals surface area contributed by atoms with E-state index in [-0.39, 0.29) is 28.4 Å². The first kappa shape index (κ1) is 36.4. The van der Waals surface area contributed by atoms with Crippen LogP contribution in [0, 0.1) is 0 Å². The van der Waals surface area contributed by atoms with Gasteiger partial charge >= 0.3 is 354 Å². The van der Waals surface area contributed by atoms with E-state index in [1.165, 1.54) is 24.3 Å². The molecule has 15 heteroatoms. The number of nitrogens with two attached hydrogens (primary N) is 1. The Labute approximate surface area is 353 Å². The van der Waals surface area contributed by atoms with Gasteiger partial charge in [-0.1, -0.05) is 0 Å². The van der Waals surface area contributed by atoms with Gasteiger partial charge in [0.05, 0.1) is 0 Å². The van der Waals surface area contributed by atoms with Crippen molar-refractivity contribution in [3.63, 3.8) is 0 Å². The quantitative estimate of drug-likeness (QED) is 0.143. The fourth-order valence-corrected chi connectivity index (χ4v) is 12.1. The van der Waals surface area contributed by atoms with Gasteiger partial charge in [0.2, 0.25) is 0 Å². The van der Waals surface area contributed by atoms with Gasteiger partial charge in [-0.2, -0.15) is 0 Å². The molecule has 14 nitrogen and oxygen atoms in total. The van der Waals surface area contributed by atoms with Crippen LogP contribution >= 0.6 is 0 Å². The zero-order valence-electron chi connectivity index (χ0n) is 32.4. The summed E-state index contributed by atoms with van der Waals surface area (Å²) in [5.74, 6) is 0.665. The van der Waals surface area contributed by atoms with Crippen molar-refractivity contribution < 1.29 is 28.7 Å². The molecular formula is C47H31N8O6Si-. The van der Waals surface area contributed by atoms with E-state index in [2.05, 4.69) is 6.58 Å². The summed E-state index contributed by atoms with van der Waals surface area (Å²) in [7, 11) is -5.31. The Bertz CT molecular complexity index is 3220. The summed E-state index contributed by atoms with van der Waals surface area (Å²) in [6.07, 6.45) is 0. The normalized spacial score (nSPS) is 16.5. The van der Waals surface area contributed by atoms with Gasteiger partial charge in [0.15, 0.2) is 0 Å². The fourth-order valence-electron chi connectivity index (χ4n) is 8.38. The number of amidine groups is 5. The van der Waals surface area contributed by atoms with Crippen LogP contribution < -0.4 is 14.6 Å². The molecule has 4 N–H and O–H groups in total. The molecule has 62 heavy (non-hydrogen) atoms. The molecule has 0 atom stereocenters. The Hall–Kier alpha value is -8.69. The number of hydrogen-bond donors (Lipinski definition) is 3. The number of hydrogen-bond acceptors (Lipinski definition) is 10. The SMILES string of the molecule is C=C1N=C(N=C2c3ccccc3C3=NC4=NC(=Nc5c6ccccc6c(N)n5[SiH-](Oc5ccc(C(=O)O)cc5)(Oc5ccc(C(=O)O)cc5)N23)c2ccccc24)c2ccccc21. The number of aromatic carboxylic acids is 2. The first-order valence-electron chi connectivity index (χ1n) is 19.5. The van der Waals surface area contributed by atoms with E-state index >= 15 is 0 Å². The fraction of sp³-hybridized carbons (Fsp3) is 0. The minimum atomic E-state index is -5.31. The first-order valence-corrected chi connectivity index (χ1v) is 21.5. The van der Waals surface area contributed by atoms with Crippen molar-refractivity contribution in [1.29, 1.82) is 0 Å². The van der Waals surface area contributed by atoms with Gasteiger partial charge in [0, 0.05) is 0 Å². The first-order chi connectivity index (χ1) is 30.2. The number of carbonyl (C=O) groups is 2. The van der Waals surface area contributed by atoms with Crippen LogP contribution in [-0.2, 0) is 0 Å². The van der Waals surface area contributed by atoms with Crippen LogP contribution in [0.25, 0.3) is 16.5 Å². The van der Waals surface area contributed by atoms with E-state index in [0.717, 1.165) is 22.3 Å². The van der Waals surface area contributed by atoms with Crippen LogP contribution in [0.3, 0.4) is 0 Å². The van der Waals surface area contributed by atoms with Crippen LogP contribution in [0.1, 0.15) is 54.1 Å². The minimum absolute atomic E-state index is 0.0365. The Morgan fingerprint density at radius 3 is 1.68 bits per heavy atom. The van der Waals surface area contributed by atoms with Crippen LogP contribution in [0.5, 0.6) is 11.5 Å². The second kappa shape index (κ2) is 13.7. The maximum atomic E-state index is 12.1. The molecule has 1 aromatic heterocycles. The molecule has 0 unspecified atom stereocenters. The number of aliphatic imine (C=N–C) groups is 5. The molecule has 7 aromatic rings. The van der Waals surface area contributed by atoms with Crippen LogP contribution in [0.4, 0.5) is 11.6 Å². The predicted molar refractivity (Wildman–Crippen MR) is 239 cm³/mol. The molecule has 0 aliphatic carbocycles. The van der Waals surface area contributed by atoms with Crippen molar-refractivity contribution >= 4 is 78.1 Å². The number of nitrogens with zero attached hydrogens (tertiary/aromatic N) is 7. The van der Waals surface area contributed by atoms with Gasteiger partial charge in [-0.05, 0) is 0 Å². The summed E-state index contributed by atoms with van der Waals surface area (Å²) >= 11 is 0. The molecule has 2 bridgehead atoms. The van der Waals surface area contributed by atoms with E-state index in [9.17, 15) is 19.8 Å². The summed E-state index contributed by atoms with van der Waals surface area (Å²) < 4.78 is 18.5. The van der Waals surface area contributed by atoms with Gasteiger partial charge in [0.25, 0.3) is 0 Å². The molecule has 300 valence electrons. The van der Waals surface area contributed by atoms with E-state index in [1.807, 2.05) is 102 Å². The van der Waals surface area contributed by atoms with Crippen molar-refractivity contribution in [1.82, 2.24) is 8.80 Å². The van der Waals surface area contributed by atoms with Crippen molar-refractivity contribution in [3.05, 3.63) is 197 Å². The summed E-state index contributed by atoms with van der Waals surface area (Å²) in [4.78, 5) is 50.2. The van der Waals surface area contributed by atoms with E-state index in [0.29, 0.717) is 62.6 Å². The predicted octanol–water partition coefficient (Wildman–Crippen LogP) is 7.59. The third-order valence-corrected chi connectivity index (χ3v) is 14.7. The number of rotatable bonds is 6. The van der Waals surface area contributed by atoms with E-state index in [1.54, 1.807) is 28.5 Å². The molecule has 0 spiro atoms. The third-order valence-electron chi connectivity index (χ3n) is 11.2. The van der Waals surface area contributed by atoms with E-state index < -0.39 is 20.8 Å². The van der Waals surface area contributed by atoms with Crippen molar-refractivity contribution in [2.24, 2.45) is 25.0 Å². The summed E-state index contributed by atoms with van der Waals surface area (Å²) in [6.45, 7) is 4.22. The molecule has 5 heterocycles. The molecule has 11 rings (SSSR count). The average molecular weight is 832 g/mol. The molecule has 4 aliphatic rings. The van der Waals surface area contributed by atoms with Crippen molar-refractivity contribution in [2.75, 3.05) is 5.73 Å². The van der Waals surface area contributed by atoms with E-state index in [4.69, 9.17) is 39.5 Å². The second-order valence-electron chi connectivity index (χ2n) is 14.8. The van der Waals surface area contributed by atoms with Gasteiger partial charge in [0.1, 0.15) is 0 Å². The van der Waals surface area contributed by atoms with Crippen LogP contribution in [0.15, 0.2) is 177 Å². The standard InChI is InChI=1S/C47H31N8O6Si/c1-26-31-10-2-4-12-33(31)40(49-26)51-44-37-16-8-9-17-38(37)45-53-42-35-14-6-5-13-34(35)41(50-42)52-43-36-15-7-3-11-32(36)39(48)54(43)62(55(44)45,60-29-22-18-27(19-23-29)46(56)57)61-30-24-20-28(21-25-30)47(58)59/h2-25,62H,1,48H2,(H,56,57)(H,58,59)/q-1. The average Bonchev–Trinajstić information content (AvgIpc) is 3.99. The van der Waals surface area contributed by atoms with Crippen LogP contribution in [0.2, 0.25) is 0 Å². The molecule has 0 saturated carbocycles. The summed E-state index contributed by atoms with van der Waals surface area (Å²) in [6, 6.07) is 42.5. The Kier molecular flexibility index (Phi) is 8.03. The number of fused-ring (bicyclic) bond motifs is 11. The molecule has 0 radical (unpaired) electrons. The summed E-state index contributed by atoms with van der Waals surface area (Å²) in [5, 5.41) is 21.1. The van der Waals surface area contributed by atoms with Crippen LogP contribution in [-0.4, -0.2) is 69.0 Å². The third kappa shape index (κ3) is 5.52. The van der Waals surface area contributed by atoms with Gasteiger partial charge in [-0.3, -0.25) is 0 Å². The van der Waals surface area contributed by atoms with Crippen molar-refractivity contribution in [2.45, 2.75) is 0 Å². The number of benzene rings is 6. The van der Waals surface area contributed by atoms with Crippen molar-refractivity contribution in [3.8, 4) is 11.5 Å². The molecule has 0 amide bonds. The maximum absolute atomic E-state index is 12.1. The van der Waals surface area contributed by atoms with Gasteiger partial charge in [-0.15, -0.1) is 0 Å². The van der Waals surface area contributed by atoms with Gasteiger partial charge < -0.3 is 0 Å². The zero-order chi connectivity index (χ0) is 42.3. The Morgan fingerprint density at radius 2 is 1.08 bits per heavy atom. The number of nitrogen functional groups attached to an aromatic ring is 1. The monoisotopic (exact) mass is 831 g/mol. The number of aromatic nitrogens is 1. The second-order valence-corrected chi connectivity index (χ2v) is 17.6. The number of carboxylic acids is 2. The number of anilines is 1. The molecular weight excluding hydrogens is 801 g/mol. The van der Waals surface area contributed by atoms with Gasteiger partial charge in [-0.25, -0.2) is 0 Å². The Morgan fingerprint density at radius 1 is 0.581 bits per heavy atom. The molecule has 4 aliphatic heterocycles. The molecule has 0 saturated heterocycles. The summed E-state index contributed by atoms with van der Waals surface area (Å²) in [5.41, 5.74) is 12.4. The topological polar surface area (TPSA) is 189 Å². The molecule has 0 fully saturated rings. The molecule has 6 aromatic carbocycles. The zero-order valence-corrected chi connectivity index (χ0v) is 33.5. The Balaban J connectivity index is 1.30. The number of carboxylic acid groups (broad SMARTS) is 2.